The van der Waals surface area contributed by atoms with Crippen LogP contribution in [0.1, 0.15) is 34.8 Å². The molecule has 0 spiro atoms. The van der Waals surface area contributed by atoms with Gasteiger partial charge in [0.25, 0.3) is 5.91 Å². The maximum Gasteiger partial charge on any atom is 0.316 e. The average Bonchev–Trinajstić information content (AvgIpc) is 3.16. The molecule has 1 fully saturated rings. The van der Waals surface area contributed by atoms with Gasteiger partial charge in [-0.25, -0.2) is 4.79 Å². The van der Waals surface area contributed by atoms with Crippen LogP contribution in [0.3, 0.4) is 0 Å². The van der Waals surface area contributed by atoms with E-state index in [1.165, 1.54) is 0 Å². The van der Waals surface area contributed by atoms with Crippen LogP contribution in [0.2, 0.25) is 0 Å². The van der Waals surface area contributed by atoms with Crippen LogP contribution in [0.15, 0.2) is 42.5 Å². The van der Waals surface area contributed by atoms with Crippen LogP contribution in [0.5, 0.6) is 11.5 Å². The Labute approximate surface area is 158 Å². The molecule has 2 aromatic rings. The number of likely N-dealkylation sites (tertiary alicyclic amines) is 1. The minimum atomic E-state index is -0.639. The van der Waals surface area contributed by atoms with E-state index < -0.39 is 6.03 Å². The van der Waals surface area contributed by atoms with E-state index in [4.69, 9.17) is 15.2 Å². The highest BCUT2D eigenvalue weighted by molar-refractivity contribution is 5.96. The van der Waals surface area contributed by atoms with Gasteiger partial charge in [-0.3, -0.25) is 4.79 Å². The minimum Gasteiger partial charge on any atom is -0.497 e. The smallest absolute Gasteiger partial charge is 0.316 e. The van der Waals surface area contributed by atoms with Crippen molar-refractivity contribution < 1.29 is 19.1 Å². The first-order valence-electron chi connectivity index (χ1n) is 8.73. The van der Waals surface area contributed by atoms with Crippen molar-refractivity contribution in [2.75, 3.05) is 26.1 Å². The lowest BCUT2D eigenvalue weighted by atomic mass is 10.0. The molecule has 1 aliphatic rings. The predicted octanol–water partition coefficient (Wildman–Crippen LogP) is 3.17. The number of amides is 3. The summed E-state index contributed by atoms with van der Waals surface area (Å²) in [4.78, 5) is 25.8. The van der Waals surface area contributed by atoms with E-state index in [0.29, 0.717) is 29.3 Å². The second-order valence-corrected chi connectivity index (χ2v) is 6.33. The van der Waals surface area contributed by atoms with Crippen molar-refractivity contribution in [1.29, 1.82) is 0 Å². The molecule has 0 aromatic heterocycles. The number of primary amides is 1. The van der Waals surface area contributed by atoms with Crippen molar-refractivity contribution in [3.63, 3.8) is 0 Å². The summed E-state index contributed by atoms with van der Waals surface area (Å²) >= 11 is 0. The molecule has 27 heavy (non-hydrogen) atoms. The van der Waals surface area contributed by atoms with Crippen molar-refractivity contribution in [3.05, 3.63) is 53.6 Å². The molecule has 3 N–H and O–H groups in total. The summed E-state index contributed by atoms with van der Waals surface area (Å²) in [5, 5.41) is 2.49. The van der Waals surface area contributed by atoms with E-state index in [2.05, 4.69) is 5.32 Å². The molecule has 1 heterocycles. The Morgan fingerprint density at radius 1 is 1.11 bits per heavy atom. The van der Waals surface area contributed by atoms with Crippen molar-refractivity contribution in [2.24, 2.45) is 5.73 Å². The van der Waals surface area contributed by atoms with Gasteiger partial charge in [-0.05, 0) is 49.2 Å². The number of nitrogens with zero attached hydrogens (tertiary/aromatic N) is 1. The monoisotopic (exact) mass is 369 g/mol. The second kappa shape index (κ2) is 7.99. The molecule has 1 aliphatic heterocycles. The highest BCUT2D eigenvalue weighted by Gasteiger charge is 2.32. The number of methoxy groups -OCH3 is 2. The molecule has 1 atom stereocenters. The molecule has 2 aromatic carbocycles. The van der Waals surface area contributed by atoms with Gasteiger partial charge in [0.05, 0.1) is 20.3 Å². The van der Waals surface area contributed by atoms with Crippen LogP contribution in [0.4, 0.5) is 10.5 Å². The van der Waals surface area contributed by atoms with Gasteiger partial charge in [-0.1, -0.05) is 0 Å². The van der Waals surface area contributed by atoms with Gasteiger partial charge >= 0.3 is 6.03 Å². The summed E-state index contributed by atoms with van der Waals surface area (Å²) in [6.45, 7) is 0.681. The summed E-state index contributed by atoms with van der Waals surface area (Å²) < 4.78 is 10.8. The highest BCUT2D eigenvalue weighted by atomic mass is 16.5. The van der Waals surface area contributed by atoms with Crippen molar-refractivity contribution in [3.8, 4) is 11.5 Å². The Bertz CT molecular complexity index is 836. The van der Waals surface area contributed by atoms with Crippen LogP contribution in [-0.4, -0.2) is 37.6 Å². The third-order valence-electron chi connectivity index (χ3n) is 4.71. The van der Waals surface area contributed by atoms with Crippen LogP contribution in [-0.2, 0) is 0 Å². The number of urea groups is 1. The molecule has 0 radical (unpaired) electrons. The number of nitrogens with one attached hydrogen (secondary N) is 1. The number of hydrogen-bond donors (Lipinski definition) is 2. The molecule has 7 heteroatoms. The number of anilines is 1. The van der Waals surface area contributed by atoms with E-state index in [9.17, 15) is 9.59 Å². The van der Waals surface area contributed by atoms with E-state index in [0.717, 1.165) is 18.4 Å². The fraction of sp³-hybridized carbons (Fsp3) is 0.300. The zero-order valence-electron chi connectivity index (χ0n) is 15.4. The number of hydrogen-bond acceptors (Lipinski definition) is 4. The fourth-order valence-electron chi connectivity index (χ4n) is 3.43. The first-order chi connectivity index (χ1) is 13.0. The van der Waals surface area contributed by atoms with Gasteiger partial charge in [-0.15, -0.1) is 0 Å². The predicted molar refractivity (Wildman–Crippen MR) is 102 cm³/mol. The molecule has 7 nitrogen and oxygen atoms in total. The maximum atomic E-state index is 13.0. The van der Waals surface area contributed by atoms with Gasteiger partial charge in [0, 0.05) is 29.4 Å². The molecule has 1 saturated heterocycles. The minimum absolute atomic E-state index is 0.0539. The van der Waals surface area contributed by atoms with Gasteiger partial charge in [0.1, 0.15) is 11.5 Å². The van der Waals surface area contributed by atoms with Gasteiger partial charge < -0.3 is 25.4 Å². The second-order valence-electron chi connectivity index (χ2n) is 6.33. The van der Waals surface area contributed by atoms with Gasteiger partial charge in [0.2, 0.25) is 0 Å². The number of rotatable bonds is 5. The van der Waals surface area contributed by atoms with E-state index in [1.807, 2.05) is 23.1 Å². The summed E-state index contributed by atoms with van der Waals surface area (Å²) in [6.07, 6.45) is 1.79. The van der Waals surface area contributed by atoms with Gasteiger partial charge in [0.15, 0.2) is 0 Å². The average molecular weight is 369 g/mol. The molecule has 0 aliphatic carbocycles. The Hall–Kier alpha value is -3.22. The molecule has 3 amide bonds. The summed E-state index contributed by atoms with van der Waals surface area (Å²) in [5.41, 5.74) is 7.18. The van der Waals surface area contributed by atoms with E-state index in [1.54, 1.807) is 38.5 Å². The Morgan fingerprint density at radius 2 is 1.85 bits per heavy atom. The number of ether oxygens (including phenoxy) is 2. The van der Waals surface area contributed by atoms with Crippen molar-refractivity contribution >= 4 is 17.6 Å². The molecular formula is C20H23N3O4. The summed E-state index contributed by atoms with van der Waals surface area (Å²) in [7, 11) is 3.22. The largest absolute Gasteiger partial charge is 0.497 e. The Balaban J connectivity index is 1.83. The topological polar surface area (TPSA) is 93.9 Å². The maximum absolute atomic E-state index is 13.0. The fourth-order valence-corrected chi connectivity index (χ4v) is 3.43. The van der Waals surface area contributed by atoms with Crippen molar-refractivity contribution in [1.82, 2.24) is 4.90 Å². The first-order valence-corrected chi connectivity index (χ1v) is 8.73. The molecule has 1 unspecified atom stereocenters. The van der Waals surface area contributed by atoms with E-state index in [-0.39, 0.29) is 11.9 Å². The standard InChI is InChI=1S/C20H23N3O4/c1-26-15-9-10-16(18(12-15)27-2)17-4-3-11-23(17)19(24)13-5-7-14(8-6-13)22-20(21)25/h5-10,12,17H,3-4,11H2,1-2H3,(H3,21,22,25). The van der Waals surface area contributed by atoms with Crippen LogP contribution in [0.25, 0.3) is 0 Å². The Kier molecular flexibility index (Phi) is 5.49. The molecule has 142 valence electrons. The zero-order valence-corrected chi connectivity index (χ0v) is 15.4. The third-order valence-corrected chi connectivity index (χ3v) is 4.71. The number of carbonyl (C=O) groups excluding carboxylic acids is 2. The summed E-state index contributed by atoms with van der Waals surface area (Å²) in [5.74, 6) is 1.37. The lowest BCUT2D eigenvalue weighted by molar-refractivity contribution is 0.0734. The molecule has 0 saturated carbocycles. The zero-order chi connectivity index (χ0) is 19.4. The molecule has 0 bridgehead atoms. The van der Waals surface area contributed by atoms with E-state index >= 15 is 0 Å². The third kappa shape index (κ3) is 3.97. The quantitative estimate of drug-likeness (QED) is 0.846. The van der Waals surface area contributed by atoms with Crippen LogP contribution >= 0.6 is 0 Å². The van der Waals surface area contributed by atoms with Crippen molar-refractivity contribution in [2.45, 2.75) is 18.9 Å². The lowest BCUT2D eigenvalue weighted by Gasteiger charge is -2.26. The summed E-state index contributed by atoms with van der Waals surface area (Å²) in [6, 6.07) is 11.7. The molecule has 3 rings (SSSR count). The van der Waals surface area contributed by atoms with Gasteiger partial charge in [-0.2, -0.15) is 0 Å². The normalized spacial score (nSPS) is 16.1. The lowest BCUT2D eigenvalue weighted by Crippen LogP contribution is -2.30. The highest BCUT2D eigenvalue weighted by Crippen LogP contribution is 2.39. The first kappa shape index (κ1) is 18.6. The number of carbonyl (C=O) groups is 2. The Morgan fingerprint density at radius 3 is 2.48 bits per heavy atom. The van der Waals surface area contributed by atoms with Crippen LogP contribution in [0, 0.1) is 0 Å². The number of benzene rings is 2. The SMILES string of the molecule is COc1ccc(C2CCCN2C(=O)c2ccc(NC(N)=O)cc2)c(OC)c1. The molecular weight excluding hydrogens is 346 g/mol. The number of nitrogens with two attached hydrogens (primary N) is 1. The van der Waals surface area contributed by atoms with Crippen LogP contribution < -0.4 is 20.5 Å².